The van der Waals surface area contributed by atoms with Gasteiger partial charge >= 0.3 is 0 Å². The molecule has 1 aliphatic heterocycles. The van der Waals surface area contributed by atoms with Gasteiger partial charge in [0.05, 0.1) is 4.34 Å². The molecule has 1 aliphatic rings. The molecule has 5 nitrogen and oxygen atoms in total. The van der Waals surface area contributed by atoms with Crippen LogP contribution in [-0.4, -0.2) is 31.2 Å². The monoisotopic (exact) mass is 452 g/mol. The van der Waals surface area contributed by atoms with Crippen molar-refractivity contribution in [2.45, 2.75) is 29.5 Å². The zero-order valence-electron chi connectivity index (χ0n) is 13.4. The maximum absolute atomic E-state index is 12.9. The van der Waals surface area contributed by atoms with Gasteiger partial charge in [-0.3, -0.25) is 4.79 Å². The van der Waals surface area contributed by atoms with E-state index in [0.29, 0.717) is 32.9 Å². The predicted molar refractivity (Wildman–Crippen MR) is 106 cm³/mol. The van der Waals surface area contributed by atoms with Gasteiger partial charge in [-0.05, 0) is 43.2 Å². The second kappa shape index (κ2) is 8.04. The van der Waals surface area contributed by atoms with Gasteiger partial charge in [-0.1, -0.05) is 41.2 Å². The first kappa shape index (κ1) is 19.9. The summed E-state index contributed by atoms with van der Waals surface area (Å²) in [4.78, 5) is 12.8. The number of hydrogen-bond acceptors (Lipinski definition) is 4. The Morgan fingerprint density at radius 1 is 1.12 bits per heavy atom. The van der Waals surface area contributed by atoms with Crippen LogP contribution in [0.1, 0.15) is 19.3 Å². The van der Waals surface area contributed by atoms with Gasteiger partial charge in [0, 0.05) is 22.3 Å². The number of halogens is 3. The molecule has 0 spiro atoms. The topological polar surface area (TPSA) is 66.5 Å². The SMILES string of the molecule is O=C(Nc1cc(Cl)cc(Cl)c1)C1CCCCN1S(=O)(=O)c1ccc(Cl)s1. The molecule has 1 atom stereocenters. The summed E-state index contributed by atoms with van der Waals surface area (Å²) in [7, 11) is -3.79. The first-order valence-electron chi connectivity index (χ1n) is 7.81. The molecule has 0 saturated carbocycles. The number of hydrogen-bond donors (Lipinski definition) is 1. The van der Waals surface area contributed by atoms with Crippen molar-refractivity contribution >= 4 is 67.8 Å². The molecule has 1 saturated heterocycles. The Morgan fingerprint density at radius 3 is 2.42 bits per heavy atom. The van der Waals surface area contributed by atoms with E-state index in [0.717, 1.165) is 17.8 Å². The predicted octanol–water partition coefficient (Wildman–Crippen LogP) is 4.89. The lowest BCUT2D eigenvalue weighted by molar-refractivity contribution is -0.120. The lowest BCUT2D eigenvalue weighted by Crippen LogP contribution is -2.49. The average molecular weight is 454 g/mol. The summed E-state index contributed by atoms with van der Waals surface area (Å²) in [5.41, 5.74) is 0.426. The van der Waals surface area contributed by atoms with Gasteiger partial charge in [0.1, 0.15) is 10.3 Å². The number of thiophene rings is 1. The summed E-state index contributed by atoms with van der Waals surface area (Å²) in [5.74, 6) is -0.408. The van der Waals surface area contributed by atoms with E-state index in [4.69, 9.17) is 34.8 Å². The summed E-state index contributed by atoms with van der Waals surface area (Å²) in [6, 6.07) is 6.87. The van der Waals surface area contributed by atoms with Crippen LogP contribution in [-0.2, 0) is 14.8 Å². The highest BCUT2D eigenvalue weighted by Crippen LogP contribution is 2.32. The van der Waals surface area contributed by atoms with Crippen LogP contribution >= 0.6 is 46.1 Å². The standard InChI is InChI=1S/C16H15Cl3N2O3S2/c17-10-7-11(18)9-12(8-10)20-16(22)13-3-1-2-6-21(13)26(23,24)15-5-4-14(19)25-15/h4-5,7-9,13H,1-3,6H2,(H,20,22). The third-order valence-electron chi connectivity index (χ3n) is 4.00. The van der Waals surface area contributed by atoms with Crippen LogP contribution in [0, 0.1) is 0 Å². The zero-order valence-corrected chi connectivity index (χ0v) is 17.3. The lowest BCUT2D eigenvalue weighted by Gasteiger charge is -2.33. The number of sulfonamides is 1. The molecule has 26 heavy (non-hydrogen) atoms. The molecule has 0 bridgehead atoms. The van der Waals surface area contributed by atoms with Crippen molar-refractivity contribution in [2.24, 2.45) is 0 Å². The van der Waals surface area contributed by atoms with Crippen LogP contribution in [0.15, 0.2) is 34.5 Å². The van der Waals surface area contributed by atoms with Crippen molar-refractivity contribution in [3.63, 3.8) is 0 Å². The molecule has 1 aromatic carbocycles. The van der Waals surface area contributed by atoms with E-state index in [1.165, 1.54) is 16.4 Å². The number of nitrogens with one attached hydrogen (secondary N) is 1. The number of amides is 1. The van der Waals surface area contributed by atoms with Crippen molar-refractivity contribution in [2.75, 3.05) is 11.9 Å². The highest BCUT2D eigenvalue weighted by molar-refractivity contribution is 7.91. The fourth-order valence-electron chi connectivity index (χ4n) is 2.86. The maximum atomic E-state index is 12.9. The van der Waals surface area contributed by atoms with Crippen LogP contribution < -0.4 is 5.32 Å². The number of piperidine rings is 1. The summed E-state index contributed by atoms with van der Waals surface area (Å²) < 4.78 is 27.6. The molecule has 0 aliphatic carbocycles. The molecule has 2 heterocycles. The molecule has 1 amide bonds. The summed E-state index contributed by atoms with van der Waals surface area (Å²) in [5, 5.41) is 3.48. The highest BCUT2D eigenvalue weighted by Gasteiger charge is 2.38. The Morgan fingerprint density at radius 2 is 1.81 bits per heavy atom. The van der Waals surface area contributed by atoms with Gasteiger partial charge in [-0.25, -0.2) is 8.42 Å². The van der Waals surface area contributed by atoms with Gasteiger partial charge < -0.3 is 5.32 Å². The molecular weight excluding hydrogens is 439 g/mol. The largest absolute Gasteiger partial charge is 0.325 e. The van der Waals surface area contributed by atoms with Crippen molar-refractivity contribution in [1.29, 1.82) is 0 Å². The van der Waals surface area contributed by atoms with E-state index in [-0.39, 0.29) is 10.8 Å². The molecule has 1 fully saturated rings. The molecule has 1 unspecified atom stereocenters. The maximum Gasteiger partial charge on any atom is 0.253 e. The number of carbonyl (C=O) groups excluding carboxylic acids is 1. The van der Waals surface area contributed by atoms with Crippen molar-refractivity contribution in [1.82, 2.24) is 4.31 Å². The molecule has 2 aromatic rings. The quantitative estimate of drug-likeness (QED) is 0.716. The Kier molecular flexibility index (Phi) is 6.16. The van der Waals surface area contributed by atoms with Gasteiger partial charge in [0.2, 0.25) is 5.91 Å². The molecule has 3 rings (SSSR count). The number of carbonyl (C=O) groups is 1. The van der Waals surface area contributed by atoms with Gasteiger partial charge in [-0.2, -0.15) is 4.31 Å². The highest BCUT2D eigenvalue weighted by atomic mass is 35.5. The first-order chi connectivity index (χ1) is 12.3. The van der Waals surface area contributed by atoms with Crippen LogP contribution in [0.2, 0.25) is 14.4 Å². The molecule has 10 heteroatoms. The van der Waals surface area contributed by atoms with E-state index >= 15 is 0 Å². The van der Waals surface area contributed by atoms with Crippen LogP contribution in [0.5, 0.6) is 0 Å². The van der Waals surface area contributed by atoms with Gasteiger partial charge in [0.25, 0.3) is 10.0 Å². The Balaban J connectivity index is 1.85. The van der Waals surface area contributed by atoms with Crippen molar-refractivity contribution in [3.8, 4) is 0 Å². The smallest absolute Gasteiger partial charge is 0.253 e. The second-order valence-corrected chi connectivity index (χ2v) is 10.5. The second-order valence-electron chi connectivity index (χ2n) is 5.83. The van der Waals surface area contributed by atoms with E-state index in [1.54, 1.807) is 18.2 Å². The van der Waals surface area contributed by atoms with Crippen LogP contribution in [0.4, 0.5) is 5.69 Å². The number of rotatable bonds is 4. The Labute approximate surface area is 170 Å². The Bertz CT molecular complexity index is 910. The van der Waals surface area contributed by atoms with Crippen molar-refractivity contribution in [3.05, 3.63) is 44.7 Å². The summed E-state index contributed by atoms with van der Waals surface area (Å²) in [6.07, 6.45) is 1.91. The van der Waals surface area contributed by atoms with E-state index < -0.39 is 22.0 Å². The van der Waals surface area contributed by atoms with Crippen molar-refractivity contribution < 1.29 is 13.2 Å². The Hall–Kier alpha value is -0.830. The normalized spacial score (nSPS) is 18.7. The number of nitrogens with zero attached hydrogens (tertiary/aromatic N) is 1. The first-order valence-corrected chi connectivity index (χ1v) is 11.2. The van der Waals surface area contributed by atoms with Crippen LogP contribution in [0.25, 0.3) is 0 Å². The number of benzene rings is 1. The molecule has 0 radical (unpaired) electrons. The van der Waals surface area contributed by atoms with E-state index in [9.17, 15) is 13.2 Å². The minimum atomic E-state index is -3.79. The zero-order chi connectivity index (χ0) is 18.9. The fraction of sp³-hybridized carbons (Fsp3) is 0.312. The van der Waals surface area contributed by atoms with Crippen LogP contribution in [0.3, 0.4) is 0 Å². The molecular formula is C16H15Cl3N2O3S2. The van der Waals surface area contributed by atoms with Gasteiger partial charge in [0.15, 0.2) is 0 Å². The summed E-state index contributed by atoms with van der Waals surface area (Å²) >= 11 is 18.8. The van der Waals surface area contributed by atoms with E-state index in [2.05, 4.69) is 5.32 Å². The lowest BCUT2D eigenvalue weighted by atomic mass is 10.0. The third kappa shape index (κ3) is 4.35. The van der Waals surface area contributed by atoms with Gasteiger partial charge in [-0.15, -0.1) is 11.3 Å². The number of anilines is 1. The molecule has 1 N–H and O–H groups in total. The minimum absolute atomic E-state index is 0.132. The molecule has 1 aromatic heterocycles. The fourth-order valence-corrected chi connectivity index (χ4v) is 6.65. The minimum Gasteiger partial charge on any atom is -0.325 e. The van der Waals surface area contributed by atoms with E-state index in [1.807, 2.05) is 0 Å². The average Bonchev–Trinajstić information content (AvgIpc) is 3.01. The molecule has 140 valence electrons. The third-order valence-corrected chi connectivity index (χ3v) is 8.04. The summed E-state index contributed by atoms with van der Waals surface area (Å²) in [6.45, 7) is 0.284.